The van der Waals surface area contributed by atoms with Gasteiger partial charge in [-0.05, 0) is 44.2 Å². The maximum Gasteiger partial charge on any atom is 0.242 e. The van der Waals surface area contributed by atoms with Crippen molar-refractivity contribution in [2.24, 2.45) is 0 Å². The first-order valence-corrected chi connectivity index (χ1v) is 7.78. The molecule has 2 aliphatic carbocycles. The van der Waals surface area contributed by atoms with Crippen LogP contribution in [0.25, 0.3) is 0 Å². The molecule has 2 fully saturated rings. The van der Waals surface area contributed by atoms with Crippen molar-refractivity contribution in [3.8, 4) is 0 Å². The van der Waals surface area contributed by atoms with E-state index in [-0.39, 0.29) is 10.9 Å². The summed E-state index contributed by atoms with van der Waals surface area (Å²) in [6, 6.07) is 2.32. The highest BCUT2D eigenvalue weighted by Gasteiger charge is 2.28. The second-order valence-electron chi connectivity index (χ2n) is 5.15. The van der Waals surface area contributed by atoms with Crippen molar-refractivity contribution in [3.05, 3.63) is 17.8 Å². The minimum Gasteiger partial charge on any atom is -0.367 e. The lowest BCUT2D eigenvalue weighted by Crippen LogP contribution is -2.26. The molecular formula is C12H17N3O2S. The Balaban J connectivity index is 1.81. The first kappa shape index (κ1) is 11.9. The SMILES string of the molecule is Cc1cc(S(=O)(=O)NC2CC2)cnc1NC1CC1. The molecule has 0 radical (unpaired) electrons. The molecule has 1 aromatic heterocycles. The van der Waals surface area contributed by atoms with Crippen LogP contribution in [0.3, 0.4) is 0 Å². The molecule has 6 heteroatoms. The Kier molecular flexibility index (Phi) is 2.79. The second kappa shape index (κ2) is 4.20. The predicted octanol–water partition coefficient (Wildman–Crippen LogP) is 1.41. The van der Waals surface area contributed by atoms with E-state index in [0.717, 1.165) is 24.2 Å². The molecule has 0 unspecified atom stereocenters. The Morgan fingerprint density at radius 1 is 1.22 bits per heavy atom. The fourth-order valence-electron chi connectivity index (χ4n) is 1.76. The largest absolute Gasteiger partial charge is 0.367 e. The van der Waals surface area contributed by atoms with Crippen molar-refractivity contribution >= 4 is 15.8 Å². The van der Waals surface area contributed by atoms with Gasteiger partial charge in [0, 0.05) is 18.3 Å². The Morgan fingerprint density at radius 2 is 1.89 bits per heavy atom. The highest BCUT2D eigenvalue weighted by atomic mass is 32.2. The lowest BCUT2D eigenvalue weighted by atomic mass is 10.3. The van der Waals surface area contributed by atoms with Crippen LogP contribution in [0, 0.1) is 6.92 Å². The summed E-state index contributed by atoms with van der Waals surface area (Å²) >= 11 is 0. The summed E-state index contributed by atoms with van der Waals surface area (Å²) in [7, 11) is -3.39. The first-order valence-electron chi connectivity index (χ1n) is 6.30. The molecule has 2 saturated carbocycles. The molecule has 18 heavy (non-hydrogen) atoms. The zero-order valence-electron chi connectivity index (χ0n) is 10.3. The molecule has 0 amide bonds. The van der Waals surface area contributed by atoms with E-state index in [1.807, 2.05) is 6.92 Å². The van der Waals surface area contributed by atoms with E-state index in [1.54, 1.807) is 6.07 Å². The van der Waals surface area contributed by atoms with E-state index in [0.29, 0.717) is 6.04 Å². The summed E-state index contributed by atoms with van der Waals surface area (Å²) in [5.74, 6) is 0.794. The van der Waals surface area contributed by atoms with E-state index in [4.69, 9.17) is 0 Å². The summed E-state index contributed by atoms with van der Waals surface area (Å²) in [5.41, 5.74) is 0.876. The highest BCUT2D eigenvalue weighted by molar-refractivity contribution is 7.89. The number of sulfonamides is 1. The minimum absolute atomic E-state index is 0.125. The van der Waals surface area contributed by atoms with Gasteiger partial charge in [-0.3, -0.25) is 0 Å². The number of nitrogens with one attached hydrogen (secondary N) is 2. The molecule has 2 aliphatic rings. The third-order valence-electron chi connectivity index (χ3n) is 3.18. The topological polar surface area (TPSA) is 71.1 Å². The number of aromatic nitrogens is 1. The van der Waals surface area contributed by atoms with Crippen molar-refractivity contribution in [1.82, 2.24) is 9.71 Å². The van der Waals surface area contributed by atoms with Crippen LogP contribution < -0.4 is 10.0 Å². The van der Waals surface area contributed by atoms with Gasteiger partial charge in [-0.25, -0.2) is 18.1 Å². The maximum absolute atomic E-state index is 12.0. The van der Waals surface area contributed by atoms with Gasteiger partial charge in [-0.1, -0.05) is 0 Å². The summed E-state index contributed by atoms with van der Waals surface area (Å²) in [6.45, 7) is 1.88. The average molecular weight is 267 g/mol. The van der Waals surface area contributed by atoms with Gasteiger partial charge >= 0.3 is 0 Å². The summed E-state index contributed by atoms with van der Waals surface area (Å²) in [5, 5.41) is 3.29. The Bertz CT molecular complexity index is 563. The van der Waals surface area contributed by atoms with Crippen molar-refractivity contribution < 1.29 is 8.42 Å². The van der Waals surface area contributed by atoms with E-state index in [9.17, 15) is 8.42 Å². The smallest absolute Gasteiger partial charge is 0.242 e. The van der Waals surface area contributed by atoms with Crippen LogP contribution in [0.4, 0.5) is 5.82 Å². The molecule has 0 aliphatic heterocycles. The lowest BCUT2D eigenvalue weighted by molar-refractivity contribution is 0.580. The lowest BCUT2D eigenvalue weighted by Gasteiger charge is -2.10. The van der Waals surface area contributed by atoms with Crippen LogP contribution in [0.15, 0.2) is 17.2 Å². The quantitative estimate of drug-likeness (QED) is 0.846. The van der Waals surface area contributed by atoms with Crippen molar-refractivity contribution in [3.63, 3.8) is 0 Å². The molecule has 2 N–H and O–H groups in total. The molecule has 0 saturated heterocycles. The number of hydrogen-bond donors (Lipinski definition) is 2. The Hall–Kier alpha value is -1.14. The molecule has 0 spiro atoms. The summed E-state index contributed by atoms with van der Waals surface area (Å²) in [4.78, 5) is 4.48. The number of aryl methyl sites for hydroxylation is 1. The van der Waals surface area contributed by atoms with Gasteiger partial charge < -0.3 is 5.32 Å². The molecule has 0 atom stereocenters. The second-order valence-corrected chi connectivity index (χ2v) is 6.86. The molecule has 0 bridgehead atoms. The van der Waals surface area contributed by atoms with Gasteiger partial charge in [0.15, 0.2) is 0 Å². The number of anilines is 1. The predicted molar refractivity (Wildman–Crippen MR) is 69.0 cm³/mol. The van der Waals surface area contributed by atoms with Gasteiger partial charge in [-0.2, -0.15) is 0 Å². The maximum atomic E-state index is 12.0. The third-order valence-corrected chi connectivity index (χ3v) is 4.67. The molecule has 1 heterocycles. The molecule has 1 aromatic rings. The van der Waals surface area contributed by atoms with Crippen molar-refractivity contribution in [1.29, 1.82) is 0 Å². The Labute approximate surface area is 107 Å². The normalized spacial score (nSPS) is 19.8. The molecule has 3 rings (SSSR count). The van der Waals surface area contributed by atoms with Gasteiger partial charge in [-0.15, -0.1) is 0 Å². The summed E-state index contributed by atoms with van der Waals surface area (Å²) < 4.78 is 26.7. The monoisotopic (exact) mass is 267 g/mol. The van der Waals surface area contributed by atoms with E-state index >= 15 is 0 Å². The molecular weight excluding hydrogens is 250 g/mol. The van der Waals surface area contributed by atoms with E-state index in [2.05, 4.69) is 15.0 Å². The fraction of sp³-hybridized carbons (Fsp3) is 0.583. The van der Waals surface area contributed by atoms with Crippen LogP contribution in [-0.4, -0.2) is 25.5 Å². The first-order chi connectivity index (χ1) is 8.54. The standard InChI is InChI=1S/C12H17N3O2S/c1-8-6-11(18(16,17)15-10-4-5-10)7-13-12(8)14-9-2-3-9/h6-7,9-10,15H,2-5H2,1H3,(H,13,14). The van der Waals surface area contributed by atoms with Crippen LogP contribution in [0.2, 0.25) is 0 Å². The van der Waals surface area contributed by atoms with Gasteiger partial charge in [0.2, 0.25) is 10.0 Å². The zero-order valence-corrected chi connectivity index (χ0v) is 11.1. The zero-order chi connectivity index (χ0) is 12.8. The number of hydrogen-bond acceptors (Lipinski definition) is 4. The number of nitrogens with zero attached hydrogens (tertiary/aromatic N) is 1. The Morgan fingerprint density at radius 3 is 2.44 bits per heavy atom. The third kappa shape index (κ3) is 2.64. The highest BCUT2D eigenvalue weighted by Crippen LogP contribution is 2.27. The van der Waals surface area contributed by atoms with Crippen molar-refractivity contribution in [2.75, 3.05) is 5.32 Å². The summed E-state index contributed by atoms with van der Waals surface area (Å²) in [6.07, 6.45) is 5.65. The molecule has 0 aromatic carbocycles. The van der Waals surface area contributed by atoms with Crippen LogP contribution in [0.5, 0.6) is 0 Å². The number of rotatable bonds is 5. The van der Waals surface area contributed by atoms with Crippen molar-refractivity contribution in [2.45, 2.75) is 49.6 Å². The fourth-order valence-corrected chi connectivity index (χ4v) is 3.09. The minimum atomic E-state index is -3.39. The van der Waals surface area contributed by atoms with Crippen LogP contribution >= 0.6 is 0 Å². The molecule has 98 valence electrons. The average Bonchev–Trinajstić information content (AvgIpc) is 3.16. The van der Waals surface area contributed by atoms with Crippen LogP contribution in [0.1, 0.15) is 31.2 Å². The van der Waals surface area contributed by atoms with E-state index in [1.165, 1.54) is 19.0 Å². The van der Waals surface area contributed by atoms with Gasteiger partial charge in [0.1, 0.15) is 10.7 Å². The van der Waals surface area contributed by atoms with Gasteiger partial charge in [0.25, 0.3) is 0 Å². The molecule has 5 nitrogen and oxygen atoms in total. The van der Waals surface area contributed by atoms with Crippen LogP contribution in [-0.2, 0) is 10.0 Å². The van der Waals surface area contributed by atoms with E-state index < -0.39 is 10.0 Å². The van der Waals surface area contributed by atoms with Gasteiger partial charge in [0.05, 0.1) is 0 Å². The number of pyridine rings is 1.